The Bertz CT molecular complexity index is 879. The van der Waals surface area contributed by atoms with Crippen molar-refractivity contribution in [3.05, 3.63) is 101 Å². The van der Waals surface area contributed by atoms with Crippen LogP contribution in [0.5, 0.6) is 5.75 Å². The summed E-state index contributed by atoms with van der Waals surface area (Å²) in [5.74, 6) is 1.42. The summed E-state index contributed by atoms with van der Waals surface area (Å²) < 4.78 is 6.40. The van der Waals surface area contributed by atoms with E-state index in [-0.39, 0.29) is 18.5 Å². The average Bonchev–Trinajstić information content (AvgIpc) is 3.07. The van der Waals surface area contributed by atoms with E-state index in [2.05, 4.69) is 91.1 Å². The normalized spacial score (nSPS) is 18.8. The number of likely N-dealkylation sites (N-methyl/N-ethyl adjacent to an activating group) is 1. The molecule has 0 saturated carbocycles. The summed E-state index contributed by atoms with van der Waals surface area (Å²) in [4.78, 5) is 0. The summed E-state index contributed by atoms with van der Waals surface area (Å²) in [6, 6.07) is 28.2. The second-order valence-electron chi connectivity index (χ2n) is 7.50. The van der Waals surface area contributed by atoms with Gasteiger partial charge >= 0.3 is 0 Å². The van der Waals surface area contributed by atoms with Gasteiger partial charge in [-0.15, -0.1) is 12.4 Å². The molecule has 0 spiro atoms. The Morgan fingerprint density at radius 2 is 1.61 bits per heavy atom. The van der Waals surface area contributed by atoms with Crippen molar-refractivity contribution in [3.8, 4) is 5.75 Å². The second-order valence-corrected chi connectivity index (χ2v) is 7.50. The minimum atomic E-state index is 0. The molecule has 3 aromatic rings. The zero-order chi connectivity index (χ0) is 18.6. The summed E-state index contributed by atoms with van der Waals surface area (Å²) in [5, 5.41) is 3.41. The molecule has 0 amide bonds. The van der Waals surface area contributed by atoms with Gasteiger partial charge in [0.1, 0.15) is 11.9 Å². The van der Waals surface area contributed by atoms with Crippen molar-refractivity contribution >= 4 is 12.4 Å². The average molecular weight is 394 g/mol. The van der Waals surface area contributed by atoms with Crippen LogP contribution in [0, 0.1) is 0 Å². The molecule has 0 aliphatic heterocycles. The molecule has 0 aromatic heterocycles. The topological polar surface area (TPSA) is 21.3 Å². The number of nitrogens with one attached hydrogen (secondary N) is 1. The summed E-state index contributed by atoms with van der Waals surface area (Å²) >= 11 is 0. The number of benzene rings is 3. The molecule has 4 rings (SSSR count). The van der Waals surface area contributed by atoms with Gasteiger partial charge in [0.15, 0.2) is 0 Å². The number of ether oxygens (including phenoxy) is 1. The van der Waals surface area contributed by atoms with E-state index in [1.54, 1.807) is 0 Å². The van der Waals surface area contributed by atoms with Crippen LogP contribution in [-0.4, -0.2) is 13.1 Å². The molecular formula is C25H28ClNO. The van der Waals surface area contributed by atoms with Crippen LogP contribution in [0.25, 0.3) is 0 Å². The molecule has 3 aromatic carbocycles. The van der Waals surface area contributed by atoms with Crippen LogP contribution in [0.15, 0.2) is 78.9 Å². The van der Waals surface area contributed by atoms with Gasteiger partial charge in [0.2, 0.25) is 0 Å². The Labute approximate surface area is 174 Å². The van der Waals surface area contributed by atoms with Crippen LogP contribution in [-0.2, 0) is 12.8 Å². The monoisotopic (exact) mass is 393 g/mol. The summed E-state index contributed by atoms with van der Waals surface area (Å²) in [7, 11) is 2.02. The van der Waals surface area contributed by atoms with Gasteiger partial charge in [-0.05, 0) is 60.2 Å². The van der Waals surface area contributed by atoms with E-state index in [9.17, 15) is 0 Å². The van der Waals surface area contributed by atoms with Crippen molar-refractivity contribution in [2.75, 3.05) is 7.05 Å². The third kappa shape index (κ3) is 4.40. The van der Waals surface area contributed by atoms with Gasteiger partial charge in [0, 0.05) is 0 Å². The SMILES string of the molecule is CN[C@@H]1Cc2ccccc2[C@H]1Oc1ccc(C(C)Cc2ccccc2)cc1.Cl. The van der Waals surface area contributed by atoms with E-state index in [1.807, 2.05) is 7.05 Å². The van der Waals surface area contributed by atoms with E-state index < -0.39 is 0 Å². The van der Waals surface area contributed by atoms with E-state index >= 15 is 0 Å². The Morgan fingerprint density at radius 1 is 0.929 bits per heavy atom. The second kappa shape index (κ2) is 9.27. The number of halogens is 1. The fourth-order valence-electron chi connectivity index (χ4n) is 4.06. The fraction of sp³-hybridized carbons (Fsp3) is 0.280. The summed E-state index contributed by atoms with van der Waals surface area (Å²) in [5.41, 5.74) is 5.42. The molecule has 146 valence electrons. The van der Waals surface area contributed by atoms with Gasteiger partial charge in [-0.1, -0.05) is 73.7 Å². The van der Waals surface area contributed by atoms with Gasteiger partial charge < -0.3 is 10.1 Å². The molecule has 1 unspecified atom stereocenters. The first kappa shape index (κ1) is 20.4. The zero-order valence-corrected chi connectivity index (χ0v) is 17.3. The standard InChI is InChI=1S/C25H27NO.ClH/c1-18(16-19-8-4-3-5-9-19)20-12-14-22(15-13-20)27-25-23-11-7-6-10-21(23)17-24(25)26-2;/h3-15,18,24-26H,16-17H2,1-2H3;1H/t18?,24-,25-;/m1./s1. The molecule has 1 aliphatic carbocycles. The van der Waals surface area contributed by atoms with Crippen molar-refractivity contribution in [2.45, 2.75) is 37.8 Å². The van der Waals surface area contributed by atoms with Crippen LogP contribution in [0.1, 0.15) is 41.2 Å². The minimum Gasteiger partial charge on any atom is -0.484 e. The highest BCUT2D eigenvalue weighted by Crippen LogP contribution is 2.35. The molecule has 2 nitrogen and oxygen atoms in total. The summed E-state index contributed by atoms with van der Waals surface area (Å²) in [6.45, 7) is 2.28. The van der Waals surface area contributed by atoms with Crippen molar-refractivity contribution < 1.29 is 4.74 Å². The van der Waals surface area contributed by atoms with Crippen LogP contribution >= 0.6 is 12.4 Å². The van der Waals surface area contributed by atoms with Crippen LogP contribution in [0.2, 0.25) is 0 Å². The quantitative estimate of drug-likeness (QED) is 0.578. The van der Waals surface area contributed by atoms with E-state index in [4.69, 9.17) is 4.74 Å². The van der Waals surface area contributed by atoms with Crippen molar-refractivity contribution in [1.82, 2.24) is 5.32 Å². The van der Waals surface area contributed by atoms with Crippen molar-refractivity contribution in [2.24, 2.45) is 0 Å². The third-order valence-corrected chi connectivity index (χ3v) is 5.63. The number of rotatable bonds is 6. The van der Waals surface area contributed by atoms with E-state index in [0.29, 0.717) is 12.0 Å². The predicted molar refractivity (Wildman–Crippen MR) is 119 cm³/mol. The lowest BCUT2D eigenvalue weighted by Crippen LogP contribution is -2.32. The van der Waals surface area contributed by atoms with Gasteiger partial charge in [-0.25, -0.2) is 0 Å². The fourth-order valence-corrected chi connectivity index (χ4v) is 4.06. The smallest absolute Gasteiger partial charge is 0.140 e. The predicted octanol–water partition coefficient (Wildman–Crippen LogP) is 5.72. The maximum atomic E-state index is 6.40. The van der Waals surface area contributed by atoms with Crippen molar-refractivity contribution in [1.29, 1.82) is 0 Å². The Kier molecular flexibility index (Phi) is 6.77. The Morgan fingerprint density at radius 3 is 2.32 bits per heavy atom. The van der Waals surface area contributed by atoms with E-state index in [0.717, 1.165) is 18.6 Å². The molecule has 3 heteroatoms. The highest BCUT2D eigenvalue weighted by Gasteiger charge is 2.32. The zero-order valence-electron chi connectivity index (χ0n) is 16.5. The highest BCUT2D eigenvalue weighted by atomic mass is 35.5. The number of hydrogen-bond acceptors (Lipinski definition) is 2. The molecule has 0 radical (unpaired) electrons. The van der Waals surface area contributed by atoms with Crippen molar-refractivity contribution in [3.63, 3.8) is 0 Å². The first-order valence-corrected chi connectivity index (χ1v) is 9.80. The molecule has 1 N–H and O–H groups in total. The molecule has 0 heterocycles. The molecular weight excluding hydrogens is 366 g/mol. The third-order valence-electron chi connectivity index (χ3n) is 5.63. The Balaban J connectivity index is 0.00000225. The molecule has 1 aliphatic rings. The van der Waals surface area contributed by atoms with E-state index in [1.165, 1.54) is 22.3 Å². The molecule has 0 saturated heterocycles. The van der Waals surface area contributed by atoms with Gasteiger partial charge in [-0.3, -0.25) is 0 Å². The lowest BCUT2D eigenvalue weighted by atomic mass is 9.94. The van der Waals surface area contributed by atoms with Crippen LogP contribution in [0.3, 0.4) is 0 Å². The largest absolute Gasteiger partial charge is 0.484 e. The number of fused-ring (bicyclic) bond motifs is 1. The molecule has 0 bridgehead atoms. The molecule has 3 atom stereocenters. The first-order valence-electron chi connectivity index (χ1n) is 9.80. The van der Waals surface area contributed by atoms with Gasteiger partial charge in [-0.2, -0.15) is 0 Å². The van der Waals surface area contributed by atoms with Crippen LogP contribution in [0.4, 0.5) is 0 Å². The Hall–Kier alpha value is -2.29. The number of hydrogen-bond donors (Lipinski definition) is 1. The van der Waals surface area contributed by atoms with Gasteiger partial charge in [0.05, 0.1) is 6.04 Å². The highest BCUT2D eigenvalue weighted by molar-refractivity contribution is 5.85. The minimum absolute atomic E-state index is 0. The lowest BCUT2D eigenvalue weighted by Gasteiger charge is -2.22. The maximum Gasteiger partial charge on any atom is 0.140 e. The lowest BCUT2D eigenvalue weighted by molar-refractivity contribution is 0.172. The molecule has 28 heavy (non-hydrogen) atoms. The molecule has 0 fully saturated rings. The van der Waals surface area contributed by atoms with Gasteiger partial charge in [0.25, 0.3) is 0 Å². The van der Waals surface area contributed by atoms with Crippen LogP contribution < -0.4 is 10.1 Å². The maximum absolute atomic E-state index is 6.40. The first-order chi connectivity index (χ1) is 13.2. The summed E-state index contributed by atoms with van der Waals surface area (Å²) in [6.07, 6.45) is 2.14.